The number of nitrogen functional groups attached to an aromatic ring is 1. The van der Waals surface area contributed by atoms with Crippen molar-refractivity contribution in [2.75, 3.05) is 30.7 Å². The average molecular weight is 508 g/mol. The van der Waals surface area contributed by atoms with Gasteiger partial charge in [-0.15, -0.1) is 0 Å². The molecule has 3 aromatic rings. The number of amides is 2. The third-order valence-corrected chi connectivity index (χ3v) is 7.02. The van der Waals surface area contributed by atoms with E-state index in [2.05, 4.69) is 76.8 Å². The fourth-order valence-electron chi connectivity index (χ4n) is 4.78. The highest BCUT2D eigenvalue weighted by atomic mass is 16.5. The standard InChI is InChI=1S/C28H41N7O2/c1-19(2)34(15-6-14-30-27(36)33-21-9-7-20(8-10-21)28(3,4)5)17-22-11-12-24(37-22)35-16-13-23-25(29)31-18-32-26(23)35/h7-10,13,16,18-19,22,24H,6,11-12,14-15,17H2,1-5H3,(H2,29,31,32)(H2,30,33,36)/t22-,24+/m0/s1. The van der Waals surface area contributed by atoms with Gasteiger partial charge in [-0.05, 0) is 62.3 Å². The minimum absolute atomic E-state index is 0.0476. The molecule has 4 N–H and O–H groups in total. The first kappa shape index (κ1) is 26.9. The SMILES string of the molecule is CC(C)N(CCCNC(=O)Nc1ccc(C(C)(C)C)cc1)C[C@@H]1CC[C@H](n2ccc3c(N)ncnc32)O1. The Morgan fingerprint density at radius 3 is 2.65 bits per heavy atom. The molecule has 2 atom stereocenters. The molecule has 2 aromatic heterocycles. The molecule has 0 radical (unpaired) electrons. The van der Waals surface area contributed by atoms with Crippen molar-refractivity contribution < 1.29 is 9.53 Å². The molecule has 0 bridgehead atoms. The lowest BCUT2D eigenvalue weighted by atomic mass is 9.87. The summed E-state index contributed by atoms with van der Waals surface area (Å²) in [7, 11) is 0. The van der Waals surface area contributed by atoms with E-state index in [1.807, 2.05) is 24.4 Å². The van der Waals surface area contributed by atoms with E-state index in [-0.39, 0.29) is 23.8 Å². The number of nitrogens with zero attached hydrogens (tertiary/aromatic N) is 4. The Balaban J connectivity index is 1.21. The van der Waals surface area contributed by atoms with Crippen molar-refractivity contribution in [3.8, 4) is 0 Å². The molecule has 2 amide bonds. The highest BCUT2D eigenvalue weighted by Gasteiger charge is 2.29. The van der Waals surface area contributed by atoms with Crippen LogP contribution in [0.3, 0.4) is 0 Å². The van der Waals surface area contributed by atoms with Gasteiger partial charge in [0.2, 0.25) is 0 Å². The lowest BCUT2D eigenvalue weighted by Gasteiger charge is -2.29. The second-order valence-corrected chi connectivity index (χ2v) is 11.2. The van der Waals surface area contributed by atoms with Crippen LogP contribution in [0.5, 0.6) is 0 Å². The molecule has 4 rings (SSSR count). The first-order valence-corrected chi connectivity index (χ1v) is 13.2. The van der Waals surface area contributed by atoms with Crippen LogP contribution in [0.2, 0.25) is 0 Å². The number of fused-ring (bicyclic) bond motifs is 1. The van der Waals surface area contributed by atoms with Gasteiger partial charge in [0.15, 0.2) is 0 Å². The van der Waals surface area contributed by atoms with Crippen LogP contribution in [-0.4, -0.2) is 57.2 Å². The first-order chi connectivity index (χ1) is 17.6. The number of rotatable bonds is 9. The molecule has 0 unspecified atom stereocenters. The number of nitrogens with one attached hydrogen (secondary N) is 2. The van der Waals surface area contributed by atoms with Gasteiger partial charge in [0, 0.05) is 37.6 Å². The lowest BCUT2D eigenvalue weighted by Crippen LogP contribution is -2.39. The van der Waals surface area contributed by atoms with Crippen LogP contribution in [0.1, 0.15) is 65.7 Å². The van der Waals surface area contributed by atoms with Crippen molar-refractivity contribution in [2.45, 2.75) is 77.7 Å². The van der Waals surface area contributed by atoms with E-state index in [1.54, 1.807) is 0 Å². The van der Waals surface area contributed by atoms with Crippen molar-refractivity contribution in [2.24, 2.45) is 0 Å². The summed E-state index contributed by atoms with van der Waals surface area (Å²) in [6.07, 6.45) is 6.37. The van der Waals surface area contributed by atoms with Crippen LogP contribution < -0.4 is 16.4 Å². The number of anilines is 2. The number of ether oxygens (including phenoxy) is 1. The van der Waals surface area contributed by atoms with Gasteiger partial charge in [-0.2, -0.15) is 0 Å². The van der Waals surface area contributed by atoms with Gasteiger partial charge in [0.05, 0.1) is 11.5 Å². The molecule has 200 valence electrons. The molecule has 1 aromatic carbocycles. The second kappa shape index (κ2) is 11.5. The molecule has 0 saturated carbocycles. The maximum absolute atomic E-state index is 12.3. The van der Waals surface area contributed by atoms with Crippen molar-refractivity contribution in [1.29, 1.82) is 0 Å². The molecule has 0 aliphatic carbocycles. The zero-order valence-electron chi connectivity index (χ0n) is 22.7. The summed E-state index contributed by atoms with van der Waals surface area (Å²) in [6, 6.07) is 10.2. The second-order valence-electron chi connectivity index (χ2n) is 11.2. The predicted molar refractivity (Wildman–Crippen MR) is 149 cm³/mol. The molecule has 1 fully saturated rings. The van der Waals surface area contributed by atoms with E-state index in [9.17, 15) is 4.79 Å². The zero-order chi connectivity index (χ0) is 26.6. The van der Waals surface area contributed by atoms with E-state index in [1.165, 1.54) is 11.9 Å². The van der Waals surface area contributed by atoms with Gasteiger partial charge in [0.25, 0.3) is 0 Å². The average Bonchev–Trinajstić information content (AvgIpc) is 3.48. The van der Waals surface area contributed by atoms with Crippen molar-refractivity contribution in [3.63, 3.8) is 0 Å². The Hall–Kier alpha value is -3.17. The largest absolute Gasteiger partial charge is 0.383 e. The minimum Gasteiger partial charge on any atom is -0.383 e. The number of aromatic nitrogens is 3. The number of carbonyl (C=O) groups excluding carboxylic acids is 1. The molecule has 9 heteroatoms. The summed E-state index contributed by atoms with van der Waals surface area (Å²) in [6.45, 7) is 13.3. The first-order valence-electron chi connectivity index (χ1n) is 13.2. The fraction of sp³-hybridized carbons (Fsp3) is 0.536. The van der Waals surface area contributed by atoms with Crippen LogP contribution in [0.4, 0.5) is 16.3 Å². The third-order valence-electron chi connectivity index (χ3n) is 7.02. The summed E-state index contributed by atoms with van der Waals surface area (Å²) >= 11 is 0. The monoisotopic (exact) mass is 507 g/mol. The number of benzene rings is 1. The van der Waals surface area contributed by atoms with E-state index < -0.39 is 0 Å². The molecular weight excluding hydrogens is 466 g/mol. The zero-order valence-corrected chi connectivity index (χ0v) is 22.7. The Bertz CT molecular complexity index is 1180. The molecule has 3 heterocycles. The summed E-state index contributed by atoms with van der Waals surface area (Å²) in [5.41, 5.74) is 8.93. The highest BCUT2D eigenvalue weighted by molar-refractivity contribution is 5.89. The molecule has 9 nitrogen and oxygen atoms in total. The van der Waals surface area contributed by atoms with Gasteiger partial charge in [-0.25, -0.2) is 14.8 Å². The topological polar surface area (TPSA) is 110 Å². The molecular formula is C28H41N7O2. The maximum atomic E-state index is 12.3. The van der Waals surface area contributed by atoms with Gasteiger partial charge >= 0.3 is 6.03 Å². The third kappa shape index (κ3) is 6.78. The van der Waals surface area contributed by atoms with Crippen molar-refractivity contribution in [3.05, 3.63) is 48.4 Å². The predicted octanol–water partition coefficient (Wildman–Crippen LogP) is 4.91. The van der Waals surface area contributed by atoms with E-state index >= 15 is 0 Å². The summed E-state index contributed by atoms with van der Waals surface area (Å²) in [5, 5.41) is 6.76. The summed E-state index contributed by atoms with van der Waals surface area (Å²) in [5.74, 6) is 0.491. The van der Waals surface area contributed by atoms with Crippen LogP contribution in [-0.2, 0) is 10.2 Å². The highest BCUT2D eigenvalue weighted by Crippen LogP contribution is 2.32. The number of hydrogen-bond donors (Lipinski definition) is 3. The lowest BCUT2D eigenvalue weighted by molar-refractivity contribution is -0.0156. The number of carbonyl (C=O) groups is 1. The minimum atomic E-state index is -0.176. The van der Waals surface area contributed by atoms with E-state index in [4.69, 9.17) is 10.5 Å². The summed E-state index contributed by atoms with van der Waals surface area (Å²) in [4.78, 5) is 23.2. The fourth-order valence-corrected chi connectivity index (χ4v) is 4.78. The van der Waals surface area contributed by atoms with Gasteiger partial charge in [0.1, 0.15) is 24.0 Å². The van der Waals surface area contributed by atoms with Crippen molar-refractivity contribution >= 4 is 28.6 Å². The Morgan fingerprint density at radius 1 is 1.19 bits per heavy atom. The number of nitrogens with two attached hydrogens (primary N) is 1. The van der Waals surface area contributed by atoms with Crippen LogP contribution in [0.15, 0.2) is 42.9 Å². The Morgan fingerprint density at radius 2 is 1.95 bits per heavy atom. The maximum Gasteiger partial charge on any atom is 0.319 e. The Labute approximate surface area is 219 Å². The number of urea groups is 1. The number of hydrogen-bond acceptors (Lipinski definition) is 6. The van der Waals surface area contributed by atoms with Crippen LogP contribution in [0, 0.1) is 0 Å². The van der Waals surface area contributed by atoms with E-state index in [0.29, 0.717) is 18.4 Å². The van der Waals surface area contributed by atoms with Gasteiger partial charge < -0.3 is 25.7 Å². The molecule has 37 heavy (non-hydrogen) atoms. The molecule has 0 spiro atoms. The quantitative estimate of drug-likeness (QED) is 0.355. The molecule has 1 saturated heterocycles. The van der Waals surface area contributed by atoms with Gasteiger partial charge in [-0.3, -0.25) is 4.90 Å². The smallest absolute Gasteiger partial charge is 0.319 e. The van der Waals surface area contributed by atoms with Crippen LogP contribution >= 0.6 is 0 Å². The van der Waals surface area contributed by atoms with Gasteiger partial charge in [-0.1, -0.05) is 32.9 Å². The summed E-state index contributed by atoms with van der Waals surface area (Å²) < 4.78 is 8.48. The molecule has 1 aliphatic rings. The Kier molecular flexibility index (Phi) is 8.34. The van der Waals surface area contributed by atoms with E-state index in [0.717, 1.165) is 49.1 Å². The normalized spacial score (nSPS) is 18.1. The van der Waals surface area contributed by atoms with Crippen LogP contribution in [0.25, 0.3) is 11.0 Å². The van der Waals surface area contributed by atoms with Crippen molar-refractivity contribution in [1.82, 2.24) is 24.8 Å². The molecule has 1 aliphatic heterocycles.